The molecular formula is C11H16ClN3. The SMILES string of the molecule is CCc1nc(Cl)cc(NC2CC2(C)C)n1. The molecule has 1 unspecified atom stereocenters. The number of nitrogens with one attached hydrogen (secondary N) is 1. The largest absolute Gasteiger partial charge is 0.367 e. The molecule has 15 heavy (non-hydrogen) atoms. The zero-order valence-electron chi connectivity index (χ0n) is 9.34. The average molecular weight is 226 g/mol. The number of aromatic nitrogens is 2. The molecule has 0 amide bonds. The third kappa shape index (κ3) is 2.40. The van der Waals surface area contributed by atoms with Crippen LogP contribution < -0.4 is 5.32 Å². The lowest BCUT2D eigenvalue weighted by atomic mass is 10.2. The van der Waals surface area contributed by atoms with Crippen LogP contribution in [-0.2, 0) is 6.42 Å². The Kier molecular flexibility index (Phi) is 2.59. The number of hydrogen-bond acceptors (Lipinski definition) is 3. The summed E-state index contributed by atoms with van der Waals surface area (Å²) in [7, 11) is 0. The van der Waals surface area contributed by atoms with E-state index in [4.69, 9.17) is 11.6 Å². The van der Waals surface area contributed by atoms with Crippen LogP contribution >= 0.6 is 11.6 Å². The smallest absolute Gasteiger partial charge is 0.134 e. The molecule has 0 spiro atoms. The van der Waals surface area contributed by atoms with Gasteiger partial charge in [-0.15, -0.1) is 0 Å². The number of rotatable bonds is 3. The van der Waals surface area contributed by atoms with E-state index in [-0.39, 0.29) is 0 Å². The summed E-state index contributed by atoms with van der Waals surface area (Å²) < 4.78 is 0. The van der Waals surface area contributed by atoms with Gasteiger partial charge in [0.15, 0.2) is 0 Å². The van der Waals surface area contributed by atoms with Crippen molar-refractivity contribution < 1.29 is 0 Å². The summed E-state index contributed by atoms with van der Waals surface area (Å²) in [5.74, 6) is 1.64. The van der Waals surface area contributed by atoms with E-state index in [9.17, 15) is 0 Å². The van der Waals surface area contributed by atoms with Gasteiger partial charge in [0.05, 0.1) is 0 Å². The fraction of sp³-hybridized carbons (Fsp3) is 0.636. The average Bonchev–Trinajstić information content (AvgIpc) is 2.72. The van der Waals surface area contributed by atoms with Crippen molar-refractivity contribution in [2.24, 2.45) is 5.41 Å². The highest BCUT2D eigenvalue weighted by atomic mass is 35.5. The van der Waals surface area contributed by atoms with Gasteiger partial charge in [-0.1, -0.05) is 32.4 Å². The van der Waals surface area contributed by atoms with Gasteiger partial charge in [0.2, 0.25) is 0 Å². The van der Waals surface area contributed by atoms with E-state index in [2.05, 4.69) is 29.1 Å². The Labute approximate surface area is 95.3 Å². The molecule has 1 atom stereocenters. The fourth-order valence-corrected chi connectivity index (χ4v) is 1.79. The highest BCUT2D eigenvalue weighted by Crippen LogP contribution is 2.46. The van der Waals surface area contributed by atoms with Crippen molar-refractivity contribution >= 4 is 17.4 Å². The van der Waals surface area contributed by atoms with E-state index in [1.807, 2.05) is 6.92 Å². The second kappa shape index (κ2) is 3.63. The molecule has 4 heteroatoms. The zero-order valence-corrected chi connectivity index (χ0v) is 10.1. The van der Waals surface area contributed by atoms with Crippen molar-refractivity contribution in [3.05, 3.63) is 17.0 Å². The molecule has 0 aliphatic heterocycles. The van der Waals surface area contributed by atoms with Crippen LogP contribution in [0.25, 0.3) is 0 Å². The Morgan fingerprint density at radius 1 is 1.53 bits per heavy atom. The molecule has 1 aromatic heterocycles. The van der Waals surface area contributed by atoms with E-state index < -0.39 is 0 Å². The highest BCUT2D eigenvalue weighted by molar-refractivity contribution is 6.29. The summed E-state index contributed by atoms with van der Waals surface area (Å²) in [5, 5.41) is 3.90. The second-order valence-electron chi connectivity index (χ2n) is 4.74. The molecule has 2 rings (SSSR count). The third-order valence-electron chi connectivity index (χ3n) is 2.89. The van der Waals surface area contributed by atoms with Gasteiger partial charge in [-0.25, -0.2) is 9.97 Å². The quantitative estimate of drug-likeness (QED) is 0.804. The van der Waals surface area contributed by atoms with Crippen molar-refractivity contribution in [1.29, 1.82) is 0 Å². The Morgan fingerprint density at radius 3 is 2.73 bits per heavy atom. The molecule has 1 heterocycles. The summed E-state index contributed by atoms with van der Waals surface area (Å²) in [6, 6.07) is 2.31. The minimum Gasteiger partial charge on any atom is -0.367 e. The molecule has 3 nitrogen and oxygen atoms in total. The lowest BCUT2D eigenvalue weighted by Gasteiger charge is -2.08. The molecule has 1 N–H and O–H groups in total. The van der Waals surface area contributed by atoms with Crippen LogP contribution in [0.3, 0.4) is 0 Å². The van der Waals surface area contributed by atoms with Crippen molar-refractivity contribution in [2.45, 2.75) is 39.7 Å². The van der Waals surface area contributed by atoms with Crippen molar-refractivity contribution in [3.63, 3.8) is 0 Å². The van der Waals surface area contributed by atoms with Crippen LogP contribution in [0.1, 0.15) is 33.0 Å². The Balaban J connectivity index is 2.11. The number of nitrogens with zero attached hydrogens (tertiary/aromatic N) is 2. The van der Waals surface area contributed by atoms with Crippen LogP contribution in [0.4, 0.5) is 5.82 Å². The minimum absolute atomic E-state index is 0.393. The topological polar surface area (TPSA) is 37.8 Å². The number of halogens is 1. The highest BCUT2D eigenvalue weighted by Gasteiger charge is 2.45. The van der Waals surface area contributed by atoms with Crippen LogP contribution in [0.5, 0.6) is 0 Å². The number of anilines is 1. The Hall–Kier alpha value is -0.830. The zero-order chi connectivity index (χ0) is 11.1. The number of hydrogen-bond donors (Lipinski definition) is 1. The van der Waals surface area contributed by atoms with Gasteiger partial charge in [-0.05, 0) is 11.8 Å². The normalized spacial score (nSPS) is 22.5. The van der Waals surface area contributed by atoms with E-state index in [1.165, 1.54) is 6.42 Å². The summed E-state index contributed by atoms with van der Waals surface area (Å²) in [6.07, 6.45) is 2.00. The van der Waals surface area contributed by atoms with Crippen LogP contribution in [0.15, 0.2) is 6.07 Å². The number of aryl methyl sites for hydroxylation is 1. The lowest BCUT2D eigenvalue weighted by Crippen LogP contribution is -2.10. The van der Waals surface area contributed by atoms with Gasteiger partial charge in [0.1, 0.15) is 16.8 Å². The van der Waals surface area contributed by atoms with Gasteiger partial charge in [0.25, 0.3) is 0 Å². The Morgan fingerprint density at radius 2 is 2.20 bits per heavy atom. The second-order valence-corrected chi connectivity index (χ2v) is 5.12. The van der Waals surface area contributed by atoms with E-state index in [0.717, 1.165) is 18.1 Å². The van der Waals surface area contributed by atoms with Gasteiger partial charge in [0, 0.05) is 18.5 Å². The Bertz CT molecular complexity index is 376. The van der Waals surface area contributed by atoms with Crippen molar-refractivity contribution in [3.8, 4) is 0 Å². The lowest BCUT2D eigenvalue weighted by molar-refractivity contribution is 0.629. The molecule has 0 aromatic carbocycles. The van der Waals surface area contributed by atoms with Crippen molar-refractivity contribution in [2.75, 3.05) is 5.32 Å². The third-order valence-corrected chi connectivity index (χ3v) is 3.09. The molecule has 82 valence electrons. The first-order valence-electron chi connectivity index (χ1n) is 5.31. The predicted molar refractivity (Wildman–Crippen MR) is 62.2 cm³/mol. The standard InChI is InChI=1S/C11H16ClN3/c1-4-9-14-8(12)5-10(15-9)13-7-6-11(7,2)3/h5,7H,4,6H2,1-3H3,(H,13,14,15). The predicted octanol–water partition coefficient (Wildman–Crippen LogP) is 2.90. The van der Waals surface area contributed by atoms with Crippen LogP contribution in [0, 0.1) is 5.41 Å². The molecule has 0 radical (unpaired) electrons. The summed E-state index contributed by atoms with van der Waals surface area (Å²) >= 11 is 5.91. The van der Waals surface area contributed by atoms with Crippen molar-refractivity contribution in [1.82, 2.24) is 9.97 Å². The van der Waals surface area contributed by atoms with E-state index in [1.54, 1.807) is 6.07 Å². The molecule has 1 aliphatic rings. The van der Waals surface area contributed by atoms with Gasteiger partial charge in [-0.3, -0.25) is 0 Å². The molecule has 1 saturated carbocycles. The van der Waals surface area contributed by atoms with Crippen LogP contribution in [-0.4, -0.2) is 16.0 Å². The first kappa shape index (κ1) is 10.7. The van der Waals surface area contributed by atoms with E-state index in [0.29, 0.717) is 16.6 Å². The van der Waals surface area contributed by atoms with Crippen LogP contribution in [0.2, 0.25) is 5.15 Å². The maximum atomic E-state index is 5.91. The van der Waals surface area contributed by atoms with Gasteiger partial charge >= 0.3 is 0 Å². The molecule has 1 aliphatic carbocycles. The maximum Gasteiger partial charge on any atom is 0.134 e. The molecule has 0 saturated heterocycles. The molecule has 0 bridgehead atoms. The van der Waals surface area contributed by atoms with Gasteiger partial charge in [-0.2, -0.15) is 0 Å². The minimum atomic E-state index is 0.393. The summed E-state index contributed by atoms with van der Waals surface area (Å²) in [5.41, 5.74) is 0.393. The maximum absolute atomic E-state index is 5.91. The summed E-state index contributed by atoms with van der Waals surface area (Å²) in [6.45, 7) is 6.51. The molecule has 1 aromatic rings. The molecule has 1 fully saturated rings. The fourth-order valence-electron chi connectivity index (χ4n) is 1.59. The first-order valence-corrected chi connectivity index (χ1v) is 5.69. The first-order chi connectivity index (χ1) is 7.01. The monoisotopic (exact) mass is 225 g/mol. The molecular weight excluding hydrogens is 210 g/mol. The summed E-state index contributed by atoms with van der Waals surface area (Å²) in [4.78, 5) is 8.52. The van der Waals surface area contributed by atoms with Gasteiger partial charge < -0.3 is 5.32 Å². The van der Waals surface area contributed by atoms with E-state index >= 15 is 0 Å².